The molecule has 6 nitrogen and oxygen atoms in total. The molecule has 2 heterocycles. The van der Waals surface area contributed by atoms with E-state index in [-0.39, 0.29) is 16.7 Å². The predicted octanol–water partition coefficient (Wildman–Crippen LogP) is 4.82. The minimum atomic E-state index is -0.955. The molecule has 33 heavy (non-hydrogen) atoms. The summed E-state index contributed by atoms with van der Waals surface area (Å²) in [4.78, 5) is 27.6. The van der Waals surface area contributed by atoms with Crippen LogP contribution in [0, 0.1) is 0 Å². The number of hydrogen-bond donors (Lipinski definition) is 1. The van der Waals surface area contributed by atoms with Crippen molar-refractivity contribution in [3.8, 4) is 5.69 Å². The van der Waals surface area contributed by atoms with Gasteiger partial charge in [0.2, 0.25) is 5.91 Å². The second kappa shape index (κ2) is 8.96. The van der Waals surface area contributed by atoms with Gasteiger partial charge in [0.15, 0.2) is 0 Å². The SMILES string of the molecule is O=C(O)c1ccc(CC2Sc3ccccc3N(Cc3ccc(-n4cccn4)cc3)C2=O)cc1. The van der Waals surface area contributed by atoms with Gasteiger partial charge in [-0.2, -0.15) is 5.10 Å². The third-order valence-corrected chi connectivity index (χ3v) is 6.89. The van der Waals surface area contributed by atoms with Gasteiger partial charge in [0.05, 0.1) is 28.7 Å². The molecule has 3 aromatic carbocycles. The van der Waals surface area contributed by atoms with E-state index in [2.05, 4.69) is 5.10 Å². The Kier molecular flexibility index (Phi) is 5.71. The molecule has 0 fully saturated rings. The fourth-order valence-corrected chi connectivity index (χ4v) is 5.19. The number of rotatable bonds is 6. The lowest BCUT2D eigenvalue weighted by atomic mass is 10.1. The van der Waals surface area contributed by atoms with E-state index in [1.807, 2.05) is 65.7 Å². The maximum Gasteiger partial charge on any atom is 0.335 e. The summed E-state index contributed by atoms with van der Waals surface area (Å²) in [7, 11) is 0. The van der Waals surface area contributed by atoms with Gasteiger partial charge in [0.1, 0.15) is 0 Å². The first kappa shape index (κ1) is 21.0. The minimum absolute atomic E-state index is 0.0529. The monoisotopic (exact) mass is 455 g/mol. The zero-order valence-electron chi connectivity index (χ0n) is 17.7. The van der Waals surface area contributed by atoms with Crippen molar-refractivity contribution in [2.24, 2.45) is 0 Å². The zero-order chi connectivity index (χ0) is 22.8. The van der Waals surface area contributed by atoms with Gasteiger partial charge in [-0.05, 0) is 60.0 Å². The Morgan fingerprint density at radius 2 is 1.67 bits per heavy atom. The number of amides is 1. The maximum absolute atomic E-state index is 13.5. The molecule has 1 aromatic heterocycles. The van der Waals surface area contributed by atoms with Gasteiger partial charge in [0, 0.05) is 17.3 Å². The van der Waals surface area contributed by atoms with E-state index in [1.54, 1.807) is 46.9 Å². The smallest absolute Gasteiger partial charge is 0.335 e. The van der Waals surface area contributed by atoms with E-state index in [4.69, 9.17) is 5.11 Å². The number of nitrogens with zero attached hydrogens (tertiary/aromatic N) is 3. The number of carbonyl (C=O) groups is 2. The van der Waals surface area contributed by atoms with Crippen LogP contribution in [-0.4, -0.2) is 32.0 Å². The number of para-hydroxylation sites is 1. The average molecular weight is 456 g/mol. The molecule has 0 spiro atoms. The van der Waals surface area contributed by atoms with Gasteiger partial charge in [-0.3, -0.25) is 4.79 Å². The molecule has 1 amide bonds. The van der Waals surface area contributed by atoms with Crippen molar-refractivity contribution in [3.05, 3.63) is 108 Å². The summed E-state index contributed by atoms with van der Waals surface area (Å²) in [6, 6.07) is 24.6. The summed E-state index contributed by atoms with van der Waals surface area (Å²) < 4.78 is 1.80. The Labute approximate surface area is 195 Å². The van der Waals surface area contributed by atoms with E-state index in [1.165, 1.54) is 0 Å². The molecule has 5 rings (SSSR count). The first-order valence-corrected chi connectivity index (χ1v) is 11.4. The summed E-state index contributed by atoms with van der Waals surface area (Å²) in [5.74, 6) is -0.902. The summed E-state index contributed by atoms with van der Waals surface area (Å²) in [5.41, 5.74) is 4.10. The third-order valence-electron chi connectivity index (χ3n) is 5.63. The lowest BCUT2D eigenvalue weighted by Gasteiger charge is -2.34. The zero-order valence-corrected chi connectivity index (χ0v) is 18.5. The van der Waals surface area contributed by atoms with Crippen molar-refractivity contribution in [1.29, 1.82) is 0 Å². The van der Waals surface area contributed by atoms with Crippen LogP contribution in [0.2, 0.25) is 0 Å². The number of benzene rings is 3. The van der Waals surface area contributed by atoms with Crippen LogP contribution in [0.1, 0.15) is 21.5 Å². The standard InChI is InChI=1S/C26H21N3O3S/c30-25-24(16-18-6-10-20(11-7-18)26(31)32)33-23-5-2-1-4-22(23)28(25)17-19-8-12-21(13-9-19)29-15-3-14-27-29/h1-15,24H,16-17H2,(H,31,32). The van der Waals surface area contributed by atoms with Crippen LogP contribution in [0.25, 0.3) is 5.69 Å². The quantitative estimate of drug-likeness (QED) is 0.451. The first-order valence-electron chi connectivity index (χ1n) is 10.6. The minimum Gasteiger partial charge on any atom is -0.478 e. The molecule has 1 unspecified atom stereocenters. The Balaban J connectivity index is 1.39. The van der Waals surface area contributed by atoms with Crippen molar-refractivity contribution in [1.82, 2.24) is 9.78 Å². The highest BCUT2D eigenvalue weighted by Gasteiger charge is 2.33. The molecule has 0 bridgehead atoms. The van der Waals surface area contributed by atoms with Gasteiger partial charge in [0.25, 0.3) is 0 Å². The number of aromatic nitrogens is 2. The summed E-state index contributed by atoms with van der Waals surface area (Å²) in [6.45, 7) is 0.476. The van der Waals surface area contributed by atoms with E-state index < -0.39 is 5.97 Å². The highest BCUT2D eigenvalue weighted by atomic mass is 32.2. The summed E-state index contributed by atoms with van der Waals surface area (Å²) >= 11 is 1.57. The largest absolute Gasteiger partial charge is 0.478 e. The molecule has 7 heteroatoms. The van der Waals surface area contributed by atoms with Gasteiger partial charge in [-0.1, -0.05) is 36.4 Å². The van der Waals surface area contributed by atoms with Crippen molar-refractivity contribution in [2.45, 2.75) is 23.1 Å². The predicted molar refractivity (Wildman–Crippen MR) is 128 cm³/mol. The van der Waals surface area contributed by atoms with Crippen LogP contribution < -0.4 is 4.90 Å². The highest BCUT2D eigenvalue weighted by Crippen LogP contribution is 2.41. The Morgan fingerprint density at radius 1 is 0.939 bits per heavy atom. The van der Waals surface area contributed by atoms with Crippen molar-refractivity contribution >= 4 is 29.3 Å². The topological polar surface area (TPSA) is 75.4 Å². The number of aromatic carboxylic acids is 1. The Morgan fingerprint density at radius 3 is 2.36 bits per heavy atom. The van der Waals surface area contributed by atoms with E-state index >= 15 is 0 Å². The summed E-state index contributed by atoms with van der Waals surface area (Å²) in [5, 5.41) is 13.1. The van der Waals surface area contributed by atoms with E-state index in [9.17, 15) is 9.59 Å². The maximum atomic E-state index is 13.5. The number of hydrogen-bond acceptors (Lipinski definition) is 4. The summed E-state index contributed by atoms with van der Waals surface area (Å²) in [6.07, 6.45) is 4.17. The third kappa shape index (κ3) is 4.40. The second-order valence-electron chi connectivity index (χ2n) is 7.82. The number of fused-ring (bicyclic) bond motifs is 1. The molecule has 0 aliphatic carbocycles. The van der Waals surface area contributed by atoms with Gasteiger partial charge < -0.3 is 10.0 Å². The molecule has 4 aromatic rings. The molecular formula is C26H21N3O3S. The Bertz CT molecular complexity index is 1290. The number of anilines is 1. The first-order chi connectivity index (χ1) is 16.1. The molecule has 1 aliphatic heterocycles. The van der Waals surface area contributed by atoms with Crippen LogP contribution in [0.4, 0.5) is 5.69 Å². The fraction of sp³-hybridized carbons (Fsp3) is 0.115. The lowest BCUT2D eigenvalue weighted by Crippen LogP contribution is -2.41. The number of thioether (sulfide) groups is 1. The van der Waals surface area contributed by atoms with Crippen LogP contribution in [0.5, 0.6) is 0 Å². The molecule has 0 saturated heterocycles. The second-order valence-corrected chi connectivity index (χ2v) is 9.07. The number of carboxylic acids is 1. The normalized spacial score (nSPS) is 15.3. The average Bonchev–Trinajstić information content (AvgIpc) is 3.37. The van der Waals surface area contributed by atoms with Crippen LogP contribution in [0.3, 0.4) is 0 Å². The molecule has 0 saturated carbocycles. The number of carboxylic acid groups (broad SMARTS) is 1. The molecule has 164 valence electrons. The molecule has 1 atom stereocenters. The van der Waals surface area contributed by atoms with Crippen LogP contribution in [0.15, 0.2) is 96.2 Å². The van der Waals surface area contributed by atoms with Gasteiger partial charge in [-0.25, -0.2) is 9.48 Å². The lowest BCUT2D eigenvalue weighted by molar-refractivity contribution is -0.118. The van der Waals surface area contributed by atoms with Crippen LogP contribution in [-0.2, 0) is 17.8 Å². The molecule has 1 aliphatic rings. The molecule has 0 radical (unpaired) electrons. The molecular weight excluding hydrogens is 434 g/mol. The fourth-order valence-electron chi connectivity index (χ4n) is 3.92. The number of carbonyl (C=O) groups excluding carboxylic acids is 1. The van der Waals surface area contributed by atoms with Crippen molar-refractivity contribution in [2.75, 3.05) is 4.90 Å². The van der Waals surface area contributed by atoms with E-state index in [0.717, 1.165) is 27.4 Å². The van der Waals surface area contributed by atoms with Crippen molar-refractivity contribution in [3.63, 3.8) is 0 Å². The van der Waals surface area contributed by atoms with Gasteiger partial charge >= 0.3 is 5.97 Å². The van der Waals surface area contributed by atoms with Crippen molar-refractivity contribution < 1.29 is 14.7 Å². The highest BCUT2D eigenvalue weighted by molar-refractivity contribution is 8.01. The Hall–Kier alpha value is -3.84. The van der Waals surface area contributed by atoms with Crippen LogP contribution >= 0.6 is 11.8 Å². The van der Waals surface area contributed by atoms with Gasteiger partial charge in [-0.15, -0.1) is 11.8 Å². The molecule has 1 N–H and O–H groups in total. The van der Waals surface area contributed by atoms with E-state index in [0.29, 0.717) is 13.0 Å².